The van der Waals surface area contributed by atoms with Crippen LogP contribution in [0.3, 0.4) is 0 Å². The van der Waals surface area contributed by atoms with Crippen molar-refractivity contribution in [2.75, 3.05) is 0 Å². The summed E-state index contributed by atoms with van der Waals surface area (Å²) in [5.74, 6) is 7.08. The second kappa shape index (κ2) is 5.51. The van der Waals surface area contributed by atoms with Crippen LogP contribution in [-0.2, 0) is 13.0 Å². The third-order valence-electron chi connectivity index (χ3n) is 2.48. The molecule has 1 atom stereocenters. The minimum Gasteiger partial charge on any atom is -0.271 e. The van der Waals surface area contributed by atoms with Crippen molar-refractivity contribution >= 4 is 0 Å². The van der Waals surface area contributed by atoms with Gasteiger partial charge in [0.25, 0.3) is 0 Å². The van der Waals surface area contributed by atoms with Crippen LogP contribution in [-0.4, -0.2) is 29.9 Å². The van der Waals surface area contributed by atoms with Gasteiger partial charge in [0.1, 0.15) is 24.3 Å². The minimum atomic E-state index is -0.141. The van der Waals surface area contributed by atoms with Gasteiger partial charge in [-0.15, -0.1) is 0 Å². The summed E-state index contributed by atoms with van der Waals surface area (Å²) in [4.78, 5) is 8.30. The molecule has 2 rings (SSSR count). The van der Waals surface area contributed by atoms with Gasteiger partial charge < -0.3 is 0 Å². The quantitative estimate of drug-likeness (QED) is 0.463. The summed E-state index contributed by atoms with van der Waals surface area (Å²) in [7, 11) is 0. The van der Waals surface area contributed by atoms with E-state index in [1.165, 1.54) is 6.33 Å². The van der Waals surface area contributed by atoms with Crippen molar-refractivity contribution in [2.24, 2.45) is 5.84 Å². The first kappa shape index (κ1) is 11.7. The maximum absolute atomic E-state index is 5.51. The average molecular weight is 236 g/mol. The van der Waals surface area contributed by atoms with Crippen LogP contribution < -0.4 is 11.3 Å². The molecule has 0 saturated carbocycles. The highest BCUT2D eigenvalue weighted by molar-refractivity contribution is 4.98. The number of rotatable bonds is 6. The van der Waals surface area contributed by atoms with Crippen LogP contribution in [0.4, 0.5) is 0 Å². The SMILES string of the molecule is CCCn1ncnc1CC(NN)c1ncn[nH]1. The number of H-pyrrole nitrogens is 1. The summed E-state index contributed by atoms with van der Waals surface area (Å²) in [6.45, 7) is 2.95. The number of nitrogens with one attached hydrogen (secondary N) is 2. The van der Waals surface area contributed by atoms with Gasteiger partial charge in [0.15, 0.2) is 0 Å². The summed E-state index contributed by atoms with van der Waals surface area (Å²) < 4.78 is 1.88. The largest absolute Gasteiger partial charge is 0.271 e. The van der Waals surface area contributed by atoms with Gasteiger partial charge in [-0.25, -0.2) is 15.4 Å². The Bertz CT molecular complexity index is 434. The molecule has 4 N–H and O–H groups in total. The molecule has 0 aliphatic carbocycles. The molecule has 0 bridgehead atoms. The van der Waals surface area contributed by atoms with Crippen molar-refractivity contribution in [3.8, 4) is 0 Å². The molecule has 0 spiro atoms. The van der Waals surface area contributed by atoms with Crippen LogP contribution in [0.1, 0.15) is 31.0 Å². The molecule has 8 heteroatoms. The molecule has 2 heterocycles. The summed E-state index contributed by atoms with van der Waals surface area (Å²) in [6, 6.07) is -0.141. The maximum Gasteiger partial charge on any atom is 0.143 e. The van der Waals surface area contributed by atoms with Gasteiger partial charge >= 0.3 is 0 Å². The first-order valence-corrected chi connectivity index (χ1v) is 5.53. The van der Waals surface area contributed by atoms with Gasteiger partial charge in [-0.1, -0.05) is 6.92 Å². The average Bonchev–Trinajstić information content (AvgIpc) is 2.97. The van der Waals surface area contributed by atoms with Crippen molar-refractivity contribution < 1.29 is 0 Å². The lowest BCUT2D eigenvalue weighted by molar-refractivity contribution is 0.483. The van der Waals surface area contributed by atoms with E-state index in [2.05, 4.69) is 37.6 Å². The first-order chi connectivity index (χ1) is 8.35. The van der Waals surface area contributed by atoms with Gasteiger partial charge in [0.2, 0.25) is 0 Å². The van der Waals surface area contributed by atoms with Gasteiger partial charge in [0.05, 0.1) is 6.04 Å². The topological polar surface area (TPSA) is 110 Å². The number of aromatic amines is 1. The van der Waals surface area contributed by atoms with E-state index in [0.29, 0.717) is 12.2 Å². The maximum atomic E-state index is 5.51. The lowest BCUT2D eigenvalue weighted by atomic mass is 10.2. The summed E-state index contributed by atoms with van der Waals surface area (Å²) in [5.41, 5.74) is 2.70. The monoisotopic (exact) mass is 236 g/mol. The van der Waals surface area contributed by atoms with Gasteiger partial charge in [-0.05, 0) is 6.42 Å². The van der Waals surface area contributed by atoms with Crippen LogP contribution in [0.25, 0.3) is 0 Å². The molecule has 0 saturated heterocycles. The molecule has 92 valence electrons. The lowest BCUT2D eigenvalue weighted by Gasteiger charge is -2.12. The predicted molar refractivity (Wildman–Crippen MR) is 60.5 cm³/mol. The van der Waals surface area contributed by atoms with Crippen molar-refractivity contribution in [1.82, 2.24) is 35.4 Å². The molecule has 2 aromatic rings. The van der Waals surface area contributed by atoms with E-state index < -0.39 is 0 Å². The Balaban J connectivity index is 2.10. The van der Waals surface area contributed by atoms with Gasteiger partial charge in [-0.3, -0.25) is 15.6 Å². The Morgan fingerprint density at radius 3 is 3.00 bits per heavy atom. The summed E-state index contributed by atoms with van der Waals surface area (Å²) in [5, 5.41) is 10.8. The normalized spacial score (nSPS) is 12.8. The number of hydrogen-bond donors (Lipinski definition) is 3. The van der Waals surface area contributed by atoms with Crippen molar-refractivity contribution in [3.05, 3.63) is 24.3 Å². The lowest BCUT2D eigenvalue weighted by Crippen LogP contribution is -2.31. The highest BCUT2D eigenvalue weighted by atomic mass is 15.3. The van der Waals surface area contributed by atoms with Crippen LogP contribution >= 0.6 is 0 Å². The zero-order valence-corrected chi connectivity index (χ0v) is 9.67. The minimum absolute atomic E-state index is 0.141. The van der Waals surface area contributed by atoms with Crippen LogP contribution in [0, 0.1) is 0 Å². The van der Waals surface area contributed by atoms with E-state index in [9.17, 15) is 0 Å². The third kappa shape index (κ3) is 2.66. The highest BCUT2D eigenvalue weighted by Crippen LogP contribution is 2.11. The zero-order valence-electron chi connectivity index (χ0n) is 9.67. The van der Waals surface area contributed by atoms with E-state index in [0.717, 1.165) is 18.8 Å². The van der Waals surface area contributed by atoms with E-state index >= 15 is 0 Å². The molecule has 0 fully saturated rings. The predicted octanol–water partition coefficient (Wildman–Crippen LogP) is -0.447. The summed E-state index contributed by atoms with van der Waals surface area (Å²) in [6.07, 6.45) is 4.64. The Labute approximate surface area is 98.6 Å². The number of hydrogen-bond acceptors (Lipinski definition) is 6. The van der Waals surface area contributed by atoms with Gasteiger partial charge in [0, 0.05) is 13.0 Å². The highest BCUT2D eigenvalue weighted by Gasteiger charge is 2.16. The summed E-state index contributed by atoms with van der Waals surface area (Å²) >= 11 is 0. The second-order valence-electron chi connectivity index (χ2n) is 3.69. The van der Waals surface area contributed by atoms with E-state index in [1.54, 1.807) is 6.33 Å². The molecule has 0 aliphatic heterocycles. The first-order valence-electron chi connectivity index (χ1n) is 5.53. The molecular formula is C9H16N8. The molecule has 17 heavy (non-hydrogen) atoms. The van der Waals surface area contributed by atoms with Crippen molar-refractivity contribution in [2.45, 2.75) is 32.4 Å². The number of nitrogens with zero attached hydrogens (tertiary/aromatic N) is 5. The standard InChI is InChI=1S/C9H16N8/c1-2-3-17-8(11-6-14-17)4-7(15-10)9-12-5-13-16-9/h5-7,15H,2-4,10H2,1H3,(H,12,13,16). The molecule has 2 aromatic heterocycles. The fourth-order valence-electron chi connectivity index (χ4n) is 1.64. The van der Waals surface area contributed by atoms with E-state index in [-0.39, 0.29) is 6.04 Å². The molecule has 1 unspecified atom stereocenters. The number of aromatic nitrogens is 6. The molecule has 0 aromatic carbocycles. The number of aryl methyl sites for hydroxylation is 1. The molecular weight excluding hydrogens is 220 g/mol. The molecule has 0 aliphatic rings. The Kier molecular flexibility index (Phi) is 3.78. The molecule has 0 amide bonds. The fraction of sp³-hybridized carbons (Fsp3) is 0.556. The molecule has 0 radical (unpaired) electrons. The Morgan fingerprint density at radius 1 is 1.47 bits per heavy atom. The van der Waals surface area contributed by atoms with Crippen LogP contribution in [0.5, 0.6) is 0 Å². The Hall–Kier alpha value is -1.80. The van der Waals surface area contributed by atoms with Gasteiger partial charge in [-0.2, -0.15) is 10.2 Å². The number of hydrazine groups is 1. The fourth-order valence-corrected chi connectivity index (χ4v) is 1.64. The Morgan fingerprint density at radius 2 is 2.35 bits per heavy atom. The van der Waals surface area contributed by atoms with Crippen LogP contribution in [0.2, 0.25) is 0 Å². The molecule has 8 nitrogen and oxygen atoms in total. The van der Waals surface area contributed by atoms with E-state index in [4.69, 9.17) is 5.84 Å². The zero-order chi connectivity index (χ0) is 12.1. The second-order valence-corrected chi connectivity index (χ2v) is 3.69. The van der Waals surface area contributed by atoms with Crippen molar-refractivity contribution in [3.63, 3.8) is 0 Å². The third-order valence-corrected chi connectivity index (χ3v) is 2.48. The van der Waals surface area contributed by atoms with Crippen LogP contribution in [0.15, 0.2) is 12.7 Å². The smallest absolute Gasteiger partial charge is 0.143 e. The van der Waals surface area contributed by atoms with Crippen molar-refractivity contribution in [1.29, 1.82) is 0 Å². The van der Waals surface area contributed by atoms with E-state index in [1.807, 2.05) is 4.68 Å². The number of nitrogens with two attached hydrogens (primary N) is 1.